The monoisotopic (exact) mass is 363 g/mol. The summed E-state index contributed by atoms with van der Waals surface area (Å²) in [5.74, 6) is 0.335. The van der Waals surface area contributed by atoms with Crippen molar-refractivity contribution in [2.24, 2.45) is 0 Å². The highest BCUT2D eigenvalue weighted by atomic mass is 32.1. The molecule has 0 amide bonds. The van der Waals surface area contributed by atoms with Gasteiger partial charge in [0.25, 0.3) is 0 Å². The molecule has 0 fully saturated rings. The van der Waals surface area contributed by atoms with Crippen molar-refractivity contribution in [1.82, 2.24) is 24.8 Å². The highest BCUT2D eigenvalue weighted by Crippen LogP contribution is 2.29. The third-order valence-electron chi connectivity index (χ3n) is 4.56. The Morgan fingerprint density at radius 1 is 1.36 bits per heavy atom. The molecule has 0 saturated carbocycles. The Morgan fingerprint density at radius 3 is 2.88 bits per heavy atom. The zero-order chi connectivity index (χ0) is 17.8. The average molecular weight is 364 g/mol. The van der Waals surface area contributed by atoms with E-state index < -0.39 is 0 Å². The lowest BCUT2D eigenvalue weighted by atomic mass is 9.99. The number of hydrogen-bond donors (Lipinski definition) is 0. The maximum Gasteiger partial charge on any atom is 0.100 e. The van der Waals surface area contributed by atoms with E-state index in [9.17, 15) is 0 Å². The lowest BCUT2D eigenvalue weighted by Gasteiger charge is -2.32. The molecule has 0 saturated heterocycles. The normalized spacial score (nSPS) is 18.0. The van der Waals surface area contributed by atoms with Gasteiger partial charge < -0.3 is 9.64 Å². The summed E-state index contributed by atoms with van der Waals surface area (Å²) < 4.78 is 8.02. The second-order valence-corrected chi connectivity index (χ2v) is 8.37. The van der Waals surface area contributed by atoms with E-state index >= 15 is 0 Å². The molecule has 138 valence electrons. The summed E-state index contributed by atoms with van der Waals surface area (Å²) in [5.41, 5.74) is 2.38. The van der Waals surface area contributed by atoms with Gasteiger partial charge in [0, 0.05) is 48.4 Å². The molecule has 1 aliphatic rings. The van der Waals surface area contributed by atoms with Gasteiger partial charge in [-0.05, 0) is 40.1 Å². The van der Waals surface area contributed by atoms with Crippen molar-refractivity contribution in [3.05, 3.63) is 33.3 Å². The van der Waals surface area contributed by atoms with Crippen LogP contribution in [-0.2, 0) is 24.4 Å². The summed E-state index contributed by atoms with van der Waals surface area (Å²) in [6.45, 7) is 10.4. The summed E-state index contributed by atoms with van der Waals surface area (Å²) in [4.78, 5) is 7.40. The molecule has 0 aromatic carbocycles. The SMILES string of the molecule is CCn1nnc2c1C(COCCN(C)C)CN(Cc1ccc(C)s1)C2. The van der Waals surface area contributed by atoms with E-state index in [0.29, 0.717) is 5.92 Å². The number of aryl methyl sites for hydroxylation is 2. The van der Waals surface area contributed by atoms with Crippen LogP contribution in [0.2, 0.25) is 0 Å². The lowest BCUT2D eigenvalue weighted by molar-refractivity contribution is 0.0834. The van der Waals surface area contributed by atoms with Crippen molar-refractivity contribution in [3.63, 3.8) is 0 Å². The lowest BCUT2D eigenvalue weighted by Crippen LogP contribution is -2.36. The number of thiophene rings is 1. The fraction of sp³-hybridized carbons (Fsp3) is 0.667. The average Bonchev–Trinajstić information content (AvgIpc) is 3.17. The highest BCUT2D eigenvalue weighted by Gasteiger charge is 2.30. The number of rotatable bonds is 8. The molecule has 3 rings (SSSR count). The van der Waals surface area contributed by atoms with Crippen LogP contribution in [0.1, 0.15) is 34.0 Å². The fourth-order valence-corrected chi connectivity index (χ4v) is 4.27. The number of ether oxygens (including phenoxy) is 1. The molecule has 3 heterocycles. The van der Waals surface area contributed by atoms with Gasteiger partial charge in [-0.2, -0.15) is 0 Å². The Morgan fingerprint density at radius 2 is 2.20 bits per heavy atom. The van der Waals surface area contributed by atoms with Gasteiger partial charge in [0.05, 0.1) is 18.9 Å². The Labute approximate surface area is 154 Å². The Bertz CT molecular complexity index is 681. The minimum atomic E-state index is 0.335. The smallest absolute Gasteiger partial charge is 0.100 e. The number of likely N-dealkylation sites (N-methyl/N-ethyl adjacent to an activating group) is 1. The predicted octanol–water partition coefficient (Wildman–Crippen LogP) is 2.35. The summed E-state index contributed by atoms with van der Waals surface area (Å²) in [5, 5.41) is 8.79. The standard InChI is InChI=1S/C18H29N5OS/c1-5-23-18-15(13-24-9-8-21(3)4)10-22(12-17(18)19-20-23)11-16-7-6-14(2)25-16/h6-7,15H,5,8-13H2,1-4H3. The quantitative estimate of drug-likeness (QED) is 0.674. The van der Waals surface area contributed by atoms with Crippen molar-refractivity contribution in [1.29, 1.82) is 0 Å². The van der Waals surface area contributed by atoms with Gasteiger partial charge in [-0.3, -0.25) is 4.90 Å². The van der Waals surface area contributed by atoms with Crippen molar-refractivity contribution in [2.45, 2.75) is 39.4 Å². The molecule has 1 unspecified atom stereocenters. The summed E-state index contributed by atoms with van der Waals surface area (Å²) in [6, 6.07) is 4.44. The van der Waals surface area contributed by atoms with Crippen molar-refractivity contribution in [3.8, 4) is 0 Å². The molecule has 25 heavy (non-hydrogen) atoms. The Kier molecular flexibility index (Phi) is 6.22. The van der Waals surface area contributed by atoms with Crippen molar-refractivity contribution in [2.75, 3.05) is 40.4 Å². The van der Waals surface area contributed by atoms with Crippen molar-refractivity contribution >= 4 is 11.3 Å². The first-order valence-corrected chi connectivity index (χ1v) is 9.80. The molecule has 0 radical (unpaired) electrons. The zero-order valence-corrected chi connectivity index (χ0v) is 16.6. The molecule has 0 spiro atoms. The van der Waals surface area contributed by atoms with E-state index in [0.717, 1.165) is 51.6 Å². The van der Waals surface area contributed by atoms with E-state index in [1.165, 1.54) is 15.4 Å². The first-order valence-electron chi connectivity index (χ1n) is 8.99. The summed E-state index contributed by atoms with van der Waals surface area (Å²) in [7, 11) is 4.14. The van der Waals surface area contributed by atoms with Crippen LogP contribution in [0.25, 0.3) is 0 Å². The minimum Gasteiger partial charge on any atom is -0.379 e. The van der Waals surface area contributed by atoms with E-state index in [1.807, 2.05) is 16.0 Å². The molecular weight excluding hydrogens is 334 g/mol. The van der Waals surface area contributed by atoms with E-state index in [-0.39, 0.29) is 0 Å². The molecule has 6 nitrogen and oxygen atoms in total. The van der Waals surface area contributed by atoms with E-state index in [1.54, 1.807) is 0 Å². The van der Waals surface area contributed by atoms with Crippen LogP contribution >= 0.6 is 11.3 Å². The van der Waals surface area contributed by atoms with Gasteiger partial charge in [-0.25, -0.2) is 4.68 Å². The number of nitrogens with zero attached hydrogens (tertiary/aromatic N) is 5. The Hall–Kier alpha value is -1.28. The third kappa shape index (κ3) is 4.67. The molecule has 1 atom stereocenters. The zero-order valence-electron chi connectivity index (χ0n) is 15.7. The molecule has 0 aliphatic carbocycles. The van der Waals surface area contributed by atoms with Crippen LogP contribution in [0, 0.1) is 6.92 Å². The second kappa shape index (κ2) is 8.40. The largest absolute Gasteiger partial charge is 0.379 e. The summed E-state index contributed by atoms with van der Waals surface area (Å²) >= 11 is 1.88. The van der Waals surface area contributed by atoms with E-state index in [2.05, 4.69) is 60.2 Å². The van der Waals surface area contributed by atoms with Gasteiger partial charge in [0.15, 0.2) is 0 Å². The van der Waals surface area contributed by atoms with Crippen LogP contribution in [-0.4, -0.2) is 65.2 Å². The van der Waals surface area contributed by atoms with Crippen LogP contribution < -0.4 is 0 Å². The first-order chi connectivity index (χ1) is 12.1. The Balaban J connectivity index is 1.69. The molecule has 1 aliphatic heterocycles. The molecule has 2 aromatic heterocycles. The van der Waals surface area contributed by atoms with Crippen LogP contribution in [0.3, 0.4) is 0 Å². The molecular formula is C18H29N5OS. The molecule has 0 bridgehead atoms. The molecule has 0 N–H and O–H groups in total. The van der Waals surface area contributed by atoms with Gasteiger partial charge >= 0.3 is 0 Å². The van der Waals surface area contributed by atoms with E-state index in [4.69, 9.17) is 4.74 Å². The van der Waals surface area contributed by atoms with Crippen molar-refractivity contribution < 1.29 is 4.74 Å². The van der Waals surface area contributed by atoms with Crippen LogP contribution in [0.5, 0.6) is 0 Å². The number of hydrogen-bond acceptors (Lipinski definition) is 6. The topological polar surface area (TPSA) is 46.4 Å². The number of aromatic nitrogens is 3. The molecule has 2 aromatic rings. The second-order valence-electron chi connectivity index (χ2n) is 6.99. The molecule has 7 heteroatoms. The maximum absolute atomic E-state index is 5.98. The van der Waals surface area contributed by atoms with Gasteiger partial charge in [0.1, 0.15) is 5.69 Å². The minimum absolute atomic E-state index is 0.335. The van der Waals surface area contributed by atoms with Crippen LogP contribution in [0.4, 0.5) is 0 Å². The highest BCUT2D eigenvalue weighted by molar-refractivity contribution is 7.11. The van der Waals surface area contributed by atoms with Gasteiger partial charge in [0.2, 0.25) is 0 Å². The predicted molar refractivity (Wildman–Crippen MR) is 101 cm³/mol. The maximum atomic E-state index is 5.98. The fourth-order valence-electron chi connectivity index (χ4n) is 3.34. The summed E-state index contributed by atoms with van der Waals surface area (Å²) in [6.07, 6.45) is 0. The third-order valence-corrected chi connectivity index (χ3v) is 5.55. The van der Waals surface area contributed by atoms with Crippen LogP contribution in [0.15, 0.2) is 12.1 Å². The first kappa shape index (κ1) is 18.5. The van der Waals surface area contributed by atoms with Gasteiger partial charge in [-0.1, -0.05) is 5.21 Å². The number of fused-ring (bicyclic) bond motifs is 1. The van der Waals surface area contributed by atoms with Gasteiger partial charge in [-0.15, -0.1) is 16.4 Å².